The molecule has 0 aliphatic carbocycles. The van der Waals surface area contributed by atoms with Crippen LogP contribution in [0.1, 0.15) is 40.0 Å². The molecule has 3 amide bonds. The van der Waals surface area contributed by atoms with Gasteiger partial charge in [0.2, 0.25) is 0 Å². The smallest absolute Gasteiger partial charge is 0.262 e. The summed E-state index contributed by atoms with van der Waals surface area (Å²) in [6.45, 7) is 0.584. The Morgan fingerprint density at radius 2 is 1.70 bits per heavy atom. The zero-order valence-electron chi connectivity index (χ0n) is 18.2. The van der Waals surface area contributed by atoms with Gasteiger partial charge in [-0.1, -0.05) is 12.1 Å². The van der Waals surface area contributed by atoms with Crippen LogP contribution in [0.5, 0.6) is 5.75 Å². The first-order chi connectivity index (χ1) is 16.1. The number of methoxy groups -OCH3 is 1. The summed E-state index contributed by atoms with van der Waals surface area (Å²) in [6.07, 6.45) is 2.37. The van der Waals surface area contributed by atoms with Crippen LogP contribution in [0.25, 0.3) is 0 Å². The van der Waals surface area contributed by atoms with Crippen molar-refractivity contribution < 1.29 is 28.7 Å². The lowest BCUT2D eigenvalue weighted by molar-refractivity contribution is -0.134. The van der Waals surface area contributed by atoms with Gasteiger partial charge in [-0.3, -0.25) is 19.3 Å². The Bertz CT molecular complexity index is 1070. The van der Waals surface area contributed by atoms with E-state index in [1.165, 1.54) is 0 Å². The van der Waals surface area contributed by atoms with Crippen molar-refractivity contribution in [2.75, 3.05) is 18.6 Å². The lowest BCUT2D eigenvalue weighted by atomic mass is 9.77. The second-order valence-electron chi connectivity index (χ2n) is 8.49. The Kier molecular flexibility index (Phi) is 5.46. The molecular formula is C25H24N2O6. The first-order valence-electron chi connectivity index (χ1n) is 11.1. The van der Waals surface area contributed by atoms with Crippen molar-refractivity contribution in [1.29, 1.82) is 0 Å². The van der Waals surface area contributed by atoms with Crippen LogP contribution in [0.3, 0.4) is 0 Å². The molecule has 8 heteroatoms. The number of benzene rings is 2. The standard InChI is InChI=1S/C25H24N2O6/c1-32-16-10-8-15(9-11-16)26-21(19(12-13-28)20-7-4-14-33-20)22(25(26)31)27-23(29)17-5-2-3-6-18(17)24(27)30/h2-3,5-6,8-11,13,19-22H,4,7,12,14H2,1H3/t19?,20-,21+,22-/m0/s1. The van der Waals surface area contributed by atoms with E-state index in [-0.39, 0.29) is 24.3 Å². The zero-order chi connectivity index (χ0) is 23.1. The molecule has 3 aliphatic rings. The number of amides is 3. The SMILES string of the molecule is COc1ccc(N2C(=O)[C@@H](N3C(=O)c4ccccc4C3=O)[C@H]2C(CC=O)[C@@H]2CCCO2)cc1. The summed E-state index contributed by atoms with van der Waals surface area (Å²) in [5.41, 5.74) is 1.20. The minimum Gasteiger partial charge on any atom is -0.497 e. The maximum Gasteiger partial charge on any atom is 0.262 e. The van der Waals surface area contributed by atoms with Gasteiger partial charge in [-0.2, -0.15) is 0 Å². The van der Waals surface area contributed by atoms with E-state index in [4.69, 9.17) is 9.47 Å². The fraction of sp³-hybridized carbons (Fsp3) is 0.360. The van der Waals surface area contributed by atoms with E-state index in [1.54, 1.807) is 60.5 Å². The van der Waals surface area contributed by atoms with Crippen molar-refractivity contribution in [3.05, 3.63) is 59.7 Å². The van der Waals surface area contributed by atoms with Gasteiger partial charge in [0, 0.05) is 24.6 Å². The number of imide groups is 1. The molecule has 0 radical (unpaired) electrons. The second-order valence-corrected chi connectivity index (χ2v) is 8.49. The van der Waals surface area contributed by atoms with Gasteiger partial charge in [-0.25, -0.2) is 0 Å². The highest BCUT2D eigenvalue weighted by Gasteiger charge is 2.60. The molecule has 0 aromatic heterocycles. The highest BCUT2D eigenvalue weighted by molar-refractivity contribution is 6.24. The molecule has 0 N–H and O–H groups in total. The van der Waals surface area contributed by atoms with Crippen LogP contribution < -0.4 is 9.64 Å². The van der Waals surface area contributed by atoms with Gasteiger partial charge in [0.1, 0.15) is 18.1 Å². The minimum atomic E-state index is -0.992. The first-order valence-corrected chi connectivity index (χ1v) is 11.1. The quantitative estimate of drug-likeness (QED) is 0.367. The molecule has 3 aliphatic heterocycles. The third-order valence-corrected chi connectivity index (χ3v) is 6.82. The van der Waals surface area contributed by atoms with E-state index < -0.39 is 23.9 Å². The number of fused-ring (bicyclic) bond motifs is 1. The number of hydrogen-bond donors (Lipinski definition) is 0. The summed E-state index contributed by atoms with van der Waals surface area (Å²) in [5, 5.41) is 0. The first kappa shape index (κ1) is 21.3. The van der Waals surface area contributed by atoms with Crippen LogP contribution in [-0.4, -0.2) is 60.8 Å². The van der Waals surface area contributed by atoms with E-state index in [0.29, 0.717) is 29.2 Å². The van der Waals surface area contributed by atoms with Crippen molar-refractivity contribution in [1.82, 2.24) is 4.90 Å². The van der Waals surface area contributed by atoms with E-state index in [1.807, 2.05) is 0 Å². The average molecular weight is 448 g/mol. The van der Waals surface area contributed by atoms with Gasteiger partial charge in [0.15, 0.2) is 0 Å². The van der Waals surface area contributed by atoms with Crippen LogP contribution in [0.2, 0.25) is 0 Å². The molecule has 2 aromatic rings. The summed E-state index contributed by atoms with van der Waals surface area (Å²) in [7, 11) is 1.56. The Hall–Kier alpha value is -3.52. The number of hydrogen-bond acceptors (Lipinski definition) is 6. The zero-order valence-corrected chi connectivity index (χ0v) is 18.2. The highest BCUT2D eigenvalue weighted by Crippen LogP contribution is 2.42. The molecule has 33 heavy (non-hydrogen) atoms. The summed E-state index contributed by atoms with van der Waals surface area (Å²) in [5.74, 6) is -1.02. The van der Waals surface area contributed by atoms with Crippen molar-refractivity contribution in [3.63, 3.8) is 0 Å². The molecule has 4 atom stereocenters. The number of rotatable bonds is 7. The number of ether oxygens (including phenoxy) is 2. The summed E-state index contributed by atoms with van der Waals surface area (Å²) >= 11 is 0. The average Bonchev–Trinajstić information content (AvgIpc) is 3.46. The monoisotopic (exact) mass is 448 g/mol. The maximum absolute atomic E-state index is 13.5. The number of β-lactam (4-membered cyclic amide) rings is 1. The van der Waals surface area contributed by atoms with E-state index >= 15 is 0 Å². The molecule has 0 spiro atoms. The van der Waals surface area contributed by atoms with Crippen molar-refractivity contribution in [2.45, 2.75) is 37.5 Å². The van der Waals surface area contributed by atoms with Gasteiger partial charge < -0.3 is 19.2 Å². The third-order valence-electron chi connectivity index (χ3n) is 6.82. The molecular weight excluding hydrogens is 424 g/mol. The molecule has 0 saturated carbocycles. The van der Waals surface area contributed by atoms with Crippen LogP contribution in [0.15, 0.2) is 48.5 Å². The third kappa shape index (κ3) is 3.33. The highest BCUT2D eigenvalue weighted by atomic mass is 16.5. The number of anilines is 1. The maximum atomic E-state index is 13.5. The summed E-state index contributed by atoms with van der Waals surface area (Å²) < 4.78 is 11.1. The second kappa shape index (κ2) is 8.44. The molecule has 2 aromatic carbocycles. The predicted molar refractivity (Wildman–Crippen MR) is 118 cm³/mol. The molecule has 2 fully saturated rings. The van der Waals surface area contributed by atoms with E-state index in [9.17, 15) is 19.2 Å². The number of aldehydes is 1. The number of carbonyl (C=O) groups excluding carboxylic acids is 4. The van der Waals surface area contributed by atoms with E-state index in [2.05, 4.69) is 0 Å². The fourth-order valence-electron chi connectivity index (χ4n) is 5.25. The molecule has 2 saturated heterocycles. The number of nitrogens with zero attached hydrogens (tertiary/aromatic N) is 2. The largest absolute Gasteiger partial charge is 0.497 e. The van der Waals surface area contributed by atoms with Crippen molar-refractivity contribution in [3.8, 4) is 5.75 Å². The lowest BCUT2D eigenvalue weighted by Crippen LogP contribution is -2.75. The lowest BCUT2D eigenvalue weighted by Gasteiger charge is -2.53. The topological polar surface area (TPSA) is 93.2 Å². The van der Waals surface area contributed by atoms with E-state index in [0.717, 1.165) is 24.0 Å². The van der Waals surface area contributed by atoms with Crippen LogP contribution >= 0.6 is 0 Å². The minimum absolute atomic E-state index is 0.162. The Morgan fingerprint density at radius 1 is 1.03 bits per heavy atom. The fourth-order valence-corrected chi connectivity index (χ4v) is 5.25. The predicted octanol–water partition coefficient (Wildman–Crippen LogP) is 2.46. The molecule has 1 unspecified atom stereocenters. The Labute approximate surface area is 191 Å². The molecule has 5 rings (SSSR count). The van der Waals surface area contributed by atoms with Crippen LogP contribution in [0.4, 0.5) is 5.69 Å². The normalized spacial score (nSPS) is 25.1. The van der Waals surface area contributed by atoms with Crippen LogP contribution in [0, 0.1) is 5.92 Å². The molecule has 8 nitrogen and oxygen atoms in total. The van der Waals surface area contributed by atoms with Crippen molar-refractivity contribution in [2.24, 2.45) is 5.92 Å². The molecule has 170 valence electrons. The summed E-state index contributed by atoms with van der Waals surface area (Å²) in [6, 6.07) is 12.0. The molecule has 0 bridgehead atoms. The van der Waals surface area contributed by atoms with Gasteiger partial charge in [-0.05, 0) is 49.2 Å². The van der Waals surface area contributed by atoms with Crippen molar-refractivity contribution >= 4 is 29.7 Å². The molecule has 3 heterocycles. The Morgan fingerprint density at radius 3 is 2.24 bits per heavy atom. The number of carbonyl (C=O) groups is 4. The van der Waals surface area contributed by atoms with Gasteiger partial charge in [-0.15, -0.1) is 0 Å². The Balaban J connectivity index is 1.55. The van der Waals surface area contributed by atoms with Gasteiger partial charge in [0.25, 0.3) is 17.7 Å². The van der Waals surface area contributed by atoms with Gasteiger partial charge in [0.05, 0.1) is 30.4 Å². The summed E-state index contributed by atoms with van der Waals surface area (Å²) in [4.78, 5) is 54.2. The van der Waals surface area contributed by atoms with Crippen LogP contribution in [-0.2, 0) is 14.3 Å². The van der Waals surface area contributed by atoms with Gasteiger partial charge >= 0.3 is 0 Å².